The van der Waals surface area contributed by atoms with Crippen molar-refractivity contribution in [3.63, 3.8) is 0 Å². The summed E-state index contributed by atoms with van der Waals surface area (Å²) in [6.07, 6.45) is 1.19. The largest absolute Gasteiger partial charge is 0.391 e. The molecule has 0 aliphatic heterocycles. The number of thiophene rings is 1. The molecule has 0 fully saturated rings. The Labute approximate surface area is 65.7 Å². The molecule has 0 bridgehead atoms. The van der Waals surface area contributed by atoms with Gasteiger partial charge in [-0.2, -0.15) is 4.39 Å². The van der Waals surface area contributed by atoms with Crippen LogP contribution in [0.2, 0.25) is 0 Å². The number of aromatic nitrogens is 2. The van der Waals surface area contributed by atoms with Crippen LogP contribution in [0, 0.1) is 5.95 Å². The summed E-state index contributed by atoms with van der Waals surface area (Å²) in [5.41, 5.74) is 5.44. The molecule has 0 radical (unpaired) electrons. The van der Waals surface area contributed by atoms with E-state index in [2.05, 4.69) is 9.97 Å². The molecule has 0 spiro atoms. The van der Waals surface area contributed by atoms with Crippen molar-refractivity contribution in [1.29, 1.82) is 0 Å². The number of anilines is 1. The Balaban J connectivity index is 2.90. The van der Waals surface area contributed by atoms with E-state index in [1.165, 1.54) is 23.7 Å². The topological polar surface area (TPSA) is 51.8 Å². The van der Waals surface area contributed by atoms with Crippen molar-refractivity contribution >= 4 is 26.6 Å². The lowest BCUT2D eigenvalue weighted by Gasteiger charge is -1.86. The van der Waals surface area contributed by atoms with Crippen molar-refractivity contribution in [2.75, 3.05) is 5.73 Å². The Morgan fingerprint density at radius 1 is 1.45 bits per heavy atom. The highest BCUT2D eigenvalue weighted by atomic mass is 32.1. The number of hydrogen-bond donors (Lipinski definition) is 1. The zero-order chi connectivity index (χ0) is 7.84. The Kier molecular flexibility index (Phi) is 1.25. The summed E-state index contributed by atoms with van der Waals surface area (Å²) in [7, 11) is 0. The van der Waals surface area contributed by atoms with E-state index in [4.69, 9.17) is 5.73 Å². The molecule has 5 heteroatoms. The molecular formula is C6H4FN3S. The summed E-state index contributed by atoms with van der Waals surface area (Å²) in [5, 5.41) is 0.953. The SMILES string of the molecule is Nc1cc2c(F)ncnc2s1. The summed E-state index contributed by atoms with van der Waals surface area (Å²) in [6, 6.07) is 1.54. The first-order valence-corrected chi connectivity index (χ1v) is 3.74. The molecule has 3 nitrogen and oxygen atoms in total. The molecule has 11 heavy (non-hydrogen) atoms. The maximum atomic E-state index is 12.8. The van der Waals surface area contributed by atoms with Gasteiger partial charge in [0.15, 0.2) is 0 Å². The van der Waals surface area contributed by atoms with Crippen molar-refractivity contribution in [3.05, 3.63) is 18.3 Å². The van der Waals surface area contributed by atoms with Crippen LogP contribution >= 0.6 is 11.3 Å². The summed E-state index contributed by atoms with van der Waals surface area (Å²) in [5.74, 6) is -0.511. The van der Waals surface area contributed by atoms with Gasteiger partial charge in [-0.25, -0.2) is 9.97 Å². The molecule has 2 N–H and O–H groups in total. The number of halogens is 1. The van der Waals surface area contributed by atoms with E-state index in [9.17, 15) is 4.39 Å². The van der Waals surface area contributed by atoms with Gasteiger partial charge < -0.3 is 5.73 Å². The van der Waals surface area contributed by atoms with Crippen molar-refractivity contribution < 1.29 is 4.39 Å². The molecular weight excluding hydrogens is 165 g/mol. The third-order valence-electron chi connectivity index (χ3n) is 1.30. The minimum absolute atomic E-state index is 0.398. The van der Waals surface area contributed by atoms with E-state index < -0.39 is 5.95 Å². The van der Waals surface area contributed by atoms with E-state index in [1.807, 2.05) is 0 Å². The van der Waals surface area contributed by atoms with E-state index in [0.29, 0.717) is 15.2 Å². The standard InChI is InChI=1S/C6H4FN3S/c7-5-3-1-4(8)11-6(3)10-2-9-5/h1-2H,8H2. The fourth-order valence-corrected chi connectivity index (χ4v) is 1.60. The molecule has 0 aromatic carbocycles. The molecule has 0 aliphatic rings. The first-order chi connectivity index (χ1) is 5.27. The van der Waals surface area contributed by atoms with E-state index in [0.717, 1.165) is 0 Å². The number of nitrogens with two attached hydrogens (primary N) is 1. The normalized spacial score (nSPS) is 10.6. The van der Waals surface area contributed by atoms with Gasteiger partial charge in [0.1, 0.15) is 11.2 Å². The number of hydrogen-bond acceptors (Lipinski definition) is 4. The molecule has 0 saturated heterocycles. The molecule has 2 aromatic rings. The minimum Gasteiger partial charge on any atom is -0.391 e. The van der Waals surface area contributed by atoms with Crippen molar-refractivity contribution in [2.45, 2.75) is 0 Å². The van der Waals surface area contributed by atoms with Crippen LogP contribution in [0.3, 0.4) is 0 Å². The Morgan fingerprint density at radius 3 is 3.00 bits per heavy atom. The molecule has 0 aliphatic carbocycles. The van der Waals surface area contributed by atoms with Crippen LogP contribution in [0.25, 0.3) is 10.2 Å². The lowest BCUT2D eigenvalue weighted by Crippen LogP contribution is -1.82. The van der Waals surface area contributed by atoms with Crippen molar-refractivity contribution in [2.24, 2.45) is 0 Å². The van der Waals surface area contributed by atoms with Gasteiger partial charge in [0.05, 0.1) is 10.4 Å². The third-order valence-corrected chi connectivity index (χ3v) is 2.17. The summed E-state index contributed by atoms with van der Waals surface area (Å²) in [4.78, 5) is 7.84. The molecule has 2 aromatic heterocycles. The fraction of sp³-hybridized carbons (Fsp3) is 0. The molecule has 56 valence electrons. The van der Waals surface area contributed by atoms with Crippen molar-refractivity contribution in [1.82, 2.24) is 9.97 Å². The van der Waals surface area contributed by atoms with Gasteiger partial charge in [0.2, 0.25) is 5.95 Å². The Morgan fingerprint density at radius 2 is 2.27 bits per heavy atom. The molecule has 0 amide bonds. The summed E-state index contributed by atoms with van der Waals surface area (Å²) < 4.78 is 12.8. The molecule has 0 unspecified atom stereocenters. The predicted molar refractivity (Wildman–Crippen MR) is 41.8 cm³/mol. The Bertz CT molecular complexity index is 398. The highest BCUT2D eigenvalue weighted by Crippen LogP contribution is 2.25. The smallest absolute Gasteiger partial charge is 0.224 e. The lowest BCUT2D eigenvalue weighted by molar-refractivity contribution is 0.594. The third kappa shape index (κ3) is 0.932. The number of rotatable bonds is 0. The molecule has 0 saturated carbocycles. The average Bonchev–Trinajstić information content (AvgIpc) is 2.31. The van der Waals surface area contributed by atoms with Crippen LogP contribution in [0.4, 0.5) is 9.39 Å². The van der Waals surface area contributed by atoms with E-state index in [1.54, 1.807) is 0 Å². The summed E-state index contributed by atoms with van der Waals surface area (Å²) >= 11 is 1.25. The van der Waals surface area contributed by atoms with Crippen LogP contribution in [-0.2, 0) is 0 Å². The second-order valence-corrected chi connectivity index (χ2v) is 3.09. The fourth-order valence-electron chi connectivity index (χ4n) is 0.845. The van der Waals surface area contributed by atoms with Crippen LogP contribution < -0.4 is 5.73 Å². The average molecular weight is 169 g/mol. The predicted octanol–water partition coefficient (Wildman–Crippen LogP) is 1.41. The van der Waals surface area contributed by atoms with Gasteiger partial charge >= 0.3 is 0 Å². The van der Waals surface area contributed by atoms with Gasteiger partial charge in [-0.1, -0.05) is 11.3 Å². The maximum Gasteiger partial charge on any atom is 0.224 e. The first kappa shape index (κ1) is 6.48. The van der Waals surface area contributed by atoms with Gasteiger partial charge in [-0.15, -0.1) is 0 Å². The first-order valence-electron chi connectivity index (χ1n) is 2.93. The van der Waals surface area contributed by atoms with Crippen LogP contribution in [-0.4, -0.2) is 9.97 Å². The van der Waals surface area contributed by atoms with Gasteiger partial charge in [0.25, 0.3) is 0 Å². The molecule has 0 atom stereocenters. The van der Waals surface area contributed by atoms with Crippen LogP contribution in [0.15, 0.2) is 12.4 Å². The van der Waals surface area contributed by atoms with Gasteiger partial charge in [-0.3, -0.25) is 0 Å². The number of fused-ring (bicyclic) bond motifs is 1. The highest BCUT2D eigenvalue weighted by molar-refractivity contribution is 7.22. The second kappa shape index (κ2) is 2.13. The van der Waals surface area contributed by atoms with Crippen molar-refractivity contribution in [3.8, 4) is 0 Å². The Hall–Kier alpha value is -1.23. The number of nitrogens with zero attached hydrogens (tertiary/aromatic N) is 2. The highest BCUT2D eigenvalue weighted by Gasteiger charge is 2.04. The monoisotopic (exact) mass is 169 g/mol. The lowest BCUT2D eigenvalue weighted by atomic mass is 10.4. The maximum absolute atomic E-state index is 12.8. The molecule has 2 heterocycles. The van der Waals surface area contributed by atoms with Crippen LogP contribution in [0.1, 0.15) is 0 Å². The zero-order valence-corrected chi connectivity index (χ0v) is 6.23. The molecule has 2 rings (SSSR count). The minimum atomic E-state index is -0.511. The van der Waals surface area contributed by atoms with E-state index in [-0.39, 0.29) is 0 Å². The van der Waals surface area contributed by atoms with E-state index >= 15 is 0 Å². The van der Waals surface area contributed by atoms with Gasteiger partial charge in [0, 0.05) is 0 Å². The number of nitrogen functional groups attached to an aromatic ring is 1. The zero-order valence-electron chi connectivity index (χ0n) is 5.41. The van der Waals surface area contributed by atoms with Crippen LogP contribution in [0.5, 0.6) is 0 Å². The van der Waals surface area contributed by atoms with Gasteiger partial charge in [-0.05, 0) is 6.07 Å². The second-order valence-electron chi connectivity index (χ2n) is 2.03. The quantitative estimate of drug-likeness (QED) is 0.606. The summed E-state index contributed by atoms with van der Waals surface area (Å²) in [6.45, 7) is 0.